The maximum absolute atomic E-state index is 13.4. The first-order valence-electron chi connectivity index (χ1n) is 12.6. The summed E-state index contributed by atoms with van der Waals surface area (Å²) in [5.74, 6) is -0.150. The van der Waals surface area contributed by atoms with Gasteiger partial charge in [0, 0.05) is 47.2 Å². The molecule has 0 aliphatic carbocycles. The third kappa shape index (κ3) is 5.88. The second-order valence-electron chi connectivity index (χ2n) is 9.14. The van der Waals surface area contributed by atoms with Crippen molar-refractivity contribution in [2.24, 2.45) is 0 Å². The number of hydrogen-bond acceptors (Lipinski definition) is 11. The van der Waals surface area contributed by atoms with E-state index in [-0.39, 0.29) is 23.6 Å². The van der Waals surface area contributed by atoms with Crippen molar-refractivity contribution in [3.8, 4) is 11.3 Å². The Morgan fingerprint density at radius 1 is 1.15 bits per heavy atom. The zero-order valence-corrected chi connectivity index (χ0v) is 23.9. The van der Waals surface area contributed by atoms with Crippen molar-refractivity contribution in [3.05, 3.63) is 91.3 Å². The minimum Gasteiger partial charge on any atom is -0.459 e. The maximum Gasteiger partial charge on any atom is 0.315 e. The summed E-state index contributed by atoms with van der Waals surface area (Å²) < 4.78 is 18.1. The lowest BCUT2D eigenvalue weighted by Crippen LogP contribution is -2.37. The van der Waals surface area contributed by atoms with E-state index in [2.05, 4.69) is 14.8 Å². The van der Waals surface area contributed by atoms with E-state index in [1.165, 1.54) is 50.6 Å². The number of halogens is 1. The number of pyridine rings is 1. The normalized spacial score (nSPS) is 13.4. The SMILES string of the molecule is O=C(Cn1cc(-c2cc(NCc3ccc(Cl)s3)n(C(=O)c3ccco3)n2)c(N2CCOCC2)cc1=O)c1cnsc1. The average Bonchev–Trinajstić information content (AvgIpc) is 3.80. The van der Waals surface area contributed by atoms with E-state index in [1.807, 2.05) is 17.0 Å². The van der Waals surface area contributed by atoms with Crippen molar-refractivity contribution >= 4 is 57.7 Å². The molecule has 0 atom stereocenters. The Kier molecular flexibility index (Phi) is 7.83. The molecule has 0 saturated carbocycles. The topological polar surface area (TPSA) is 124 Å². The lowest BCUT2D eigenvalue weighted by atomic mass is 10.1. The van der Waals surface area contributed by atoms with Crippen molar-refractivity contribution in [3.63, 3.8) is 0 Å². The summed E-state index contributed by atoms with van der Waals surface area (Å²) >= 11 is 8.70. The molecule has 11 nitrogen and oxygen atoms in total. The molecule has 210 valence electrons. The molecule has 6 rings (SSSR count). The third-order valence-corrected chi connectivity index (χ3v) is 8.32. The number of carbonyl (C=O) groups is 2. The molecule has 0 aromatic carbocycles. The van der Waals surface area contributed by atoms with Crippen LogP contribution in [-0.4, -0.2) is 56.7 Å². The van der Waals surface area contributed by atoms with Crippen LogP contribution < -0.4 is 15.8 Å². The van der Waals surface area contributed by atoms with Crippen molar-refractivity contribution in [1.82, 2.24) is 18.7 Å². The molecule has 6 heterocycles. The van der Waals surface area contributed by atoms with Gasteiger partial charge in [0.15, 0.2) is 11.5 Å². The van der Waals surface area contributed by atoms with Crippen molar-refractivity contribution in [2.75, 3.05) is 36.5 Å². The molecule has 14 heteroatoms. The third-order valence-electron chi connectivity index (χ3n) is 6.51. The molecule has 41 heavy (non-hydrogen) atoms. The molecule has 0 amide bonds. The average molecular weight is 611 g/mol. The van der Waals surface area contributed by atoms with E-state index in [0.29, 0.717) is 65.5 Å². The molecule has 1 N–H and O–H groups in total. The van der Waals surface area contributed by atoms with Crippen LogP contribution in [-0.2, 0) is 17.8 Å². The van der Waals surface area contributed by atoms with Gasteiger partial charge in [-0.3, -0.25) is 14.4 Å². The van der Waals surface area contributed by atoms with Crippen molar-refractivity contribution in [1.29, 1.82) is 0 Å². The van der Waals surface area contributed by atoms with Gasteiger partial charge < -0.3 is 23.9 Å². The van der Waals surface area contributed by atoms with Gasteiger partial charge in [-0.15, -0.1) is 11.3 Å². The number of ether oxygens (including phenoxy) is 1. The van der Waals surface area contributed by atoms with Gasteiger partial charge in [-0.1, -0.05) is 11.6 Å². The summed E-state index contributed by atoms with van der Waals surface area (Å²) in [4.78, 5) is 42.4. The quantitative estimate of drug-likeness (QED) is 0.240. The fraction of sp³-hybridized carbons (Fsp3) is 0.222. The Balaban J connectivity index is 1.43. The standard InChI is InChI=1S/C27H23ClN6O5S2/c28-24-4-3-18(41-24)13-29-25-10-20(31-34(25)27(37)23-2-1-7-39-23)19-14-33(15-22(35)17-12-30-40-16-17)26(36)11-21(19)32-5-8-38-9-6-32/h1-4,7,10-12,14,16,29H,5-6,8-9,13,15H2. The van der Waals surface area contributed by atoms with Gasteiger partial charge in [0.25, 0.3) is 5.56 Å². The number of nitrogens with one attached hydrogen (secondary N) is 1. The van der Waals surface area contributed by atoms with Crippen LogP contribution in [0.25, 0.3) is 11.3 Å². The Labute approximate surface area is 246 Å². The number of aromatic nitrogens is 4. The fourth-order valence-electron chi connectivity index (χ4n) is 4.46. The maximum atomic E-state index is 13.4. The summed E-state index contributed by atoms with van der Waals surface area (Å²) in [5, 5.41) is 9.59. The number of morpholine rings is 1. The van der Waals surface area contributed by atoms with Gasteiger partial charge >= 0.3 is 5.91 Å². The van der Waals surface area contributed by atoms with Gasteiger partial charge in [0.2, 0.25) is 0 Å². The number of rotatable bonds is 9. The molecule has 0 radical (unpaired) electrons. The predicted molar refractivity (Wildman–Crippen MR) is 156 cm³/mol. The largest absolute Gasteiger partial charge is 0.459 e. The van der Waals surface area contributed by atoms with Gasteiger partial charge in [0.1, 0.15) is 5.82 Å². The number of nitrogens with zero attached hydrogens (tertiary/aromatic N) is 5. The lowest BCUT2D eigenvalue weighted by molar-refractivity contribution is 0.0919. The molecule has 1 fully saturated rings. The monoisotopic (exact) mass is 610 g/mol. The molecule has 0 bridgehead atoms. The molecule has 1 saturated heterocycles. The smallest absolute Gasteiger partial charge is 0.315 e. The molecule has 1 aliphatic rings. The molecule has 1 aliphatic heterocycles. The summed E-state index contributed by atoms with van der Waals surface area (Å²) in [7, 11) is 0. The zero-order valence-electron chi connectivity index (χ0n) is 21.5. The van der Waals surface area contributed by atoms with Crippen molar-refractivity contribution in [2.45, 2.75) is 13.1 Å². The first-order valence-corrected chi connectivity index (χ1v) is 14.7. The van der Waals surface area contributed by atoms with E-state index < -0.39 is 5.91 Å². The second kappa shape index (κ2) is 11.8. The van der Waals surface area contributed by atoms with E-state index in [0.717, 1.165) is 4.88 Å². The summed E-state index contributed by atoms with van der Waals surface area (Å²) in [6.07, 6.45) is 4.53. The van der Waals surface area contributed by atoms with E-state index in [4.69, 9.17) is 20.8 Å². The van der Waals surface area contributed by atoms with Gasteiger partial charge in [0.05, 0.1) is 60.0 Å². The van der Waals surface area contributed by atoms with Crippen LogP contribution in [0.1, 0.15) is 25.8 Å². The highest BCUT2D eigenvalue weighted by atomic mass is 35.5. The van der Waals surface area contributed by atoms with Crippen LogP contribution in [0.3, 0.4) is 0 Å². The fourth-order valence-corrected chi connectivity index (χ4v) is 6.03. The summed E-state index contributed by atoms with van der Waals surface area (Å²) in [5.41, 5.74) is 1.79. The molecular weight excluding hydrogens is 588 g/mol. The molecule has 5 aromatic heterocycles. The minimum absolute atomic E-state index is 0.121. The number of ketones is 1. The van der Waals surface area contributed by atoms with Crippen LogP contribution in [0.15, 0.2) is 69.6 Å². The Hall–Kier alpha value is -4.04. The van der Waals surface area contributed by atoms with Gasteiger partial charge in [-0.05, 0) is 35.8 Å². The second-order valence-corrected chi connectivity index (χ2v) is 11.6. The Morgan fingerprint density at radius 2 is 2.00 bits per heavy atom. The predicted octanol–water partition coefficient (Wildman–Crippen LogP) is 4.50. The summed E-state index contributed by atoms with van der Waals surface area (Å²) in [6.45, 7) is 2.41. The zero-order chi connectivity index (χ0) is 28.3. The van der Waals surface area contributed by atoms with E-state index in [1.54, 1.807) is 29.8 Å². The first-order chi connectivity index (χ1) is 20.0. The lowest BCUT2D eigenvalue weighted by Gasteiger charge is -2.30. The highest BCUT2D eigenvalue weighted by Gasteiger charge is 2.24. The minimum atomic E-state index is -0.464. The van der Waals surface area contributed by atoms with Crippen LogP contribution >= 0.6 is 34.5 Å². The van der Waals surface area contributed by atoms with E-state index in [9.17, 15) is 14.4 Å². The Morgan fingerprint density at radius 3 is 2.71 bits per heavy atom. The van der Waals surface area contributed by atoms with Crippen LogP contribution in [0, 0.1) is 0 Å². The van der Waals surface area contributed by atoms with Gasteiger partial charge in [-0.2, -0.15) is 9.78 Å². The number of carbonyl (C=O) groups excluding carboxylic acids is 2. The van der Waals surface area contributed by atoms with Gasteiger partial charge in [-0.25, -0.2) is 4.37 Å². The highest BCUT2D eigenvalue weighted by molar-refractivity contribution is 7.16. The highest BCUT2D eigenvalue weighted by Crippen LogP contribution is 2.32. The number of anilines is 2. The van der Waals surface area contributed by atoms with E-state index >= 15 is 0 Å². The molecule has 0 unspecified atom stereocenters. The Bertz CT molecular complexity index is 1740. The number of hydrogen-bond donors (Lipinski definition) is 1. The number of thiophene rings is 1. The molecule has 0 spiro atoms. The molecule has 5 aromatic rings. The van der Waals surface area contributed by atoms with Crippen molar-refractivity contribution < 1.29 is 18.7 Å². The van der Waals surface area contributed by atoms with Crippen LogP contribution in [0.4, 0.5) is 11.5 Å². The summed E-state index contributed by atoms with van der Waals surface area (Å²) in [6, 6.07) is 10.2. The number of furan rings is 1. The molecular formula is C27H23ClN6O5S2. The van der Waals surface area contributed by atoms with Crippen LogP contribution in [0.2, 0.25) is 4.34 Å². The van der Waals surface area contributed by atoms with Crippen LogP contribution in [0.5, 0.6) is 0 Å². The number of Topliss-reactive ketones (excluding diaryl/α,β-unsaturated/α-hetero) is 1. The first kappa shape index (κ1) is 27.1.